The third kappa shape index (κ3) is 4.19. The van der Waals surface area contributed by atoms with E-state index in [1.165, 1.54) is 44.6 Å². The summed E-state index contributed by atoms with van der Waals surface area (Å²) in [5.74, 6) is -0.0285. The fourth-order valence-corrected chi connectivity index (χ4v) is 2.51. The van der Waals surface area contributed by atoms with Crippen LogP contribution >= 0.6 is 11.6 Å². The minimum absolute atomic E-state index is 0.0745. The molecule has 1 atom stereocenters. The Morgan fingerprint density at radius 3 is 2.52 bits per heavy atom. The summed E-state index contributed by atoms with van der Waals surface area (Å²) in [5, 5.41) is 11.1. The van der Waals surface area contributed by atoms with Crippen molar-refractivity contribution in [2.75, 3.05) is 14.2 Å². The minimum Gasteiger partial charge on any atom is -0.493 e. The molecular formula is C17H16ClNO6. The zero-order valence-corrected chi connectivity index (χ0v) is 14.6. The van der Waals surface area contributed by atoms with Gasteiger partial charge in [-0.15, -0.1) is 0 Å². The first-order valence-corrected chi connectivity index (χ1v) is 7.62. The zero-order valence-electron chi connectivity index (χ0n) is 13.8. The highest BCUT2D eigenvalue weighted by atomic mass is 35.5. The van der Waals surface area contributed by atoms with E-state index in [0.29, 0.717) is 17.1 Å². The van der Waals surface area contributed by atoms with E-state index in [0.717, 1.165) is 0 Å². The Labute approximate surface area is 149 Å². The second kappa shape index (κ2) is 7.85. The normalized spacial score (nSPS) is 11.5. The highest BCUT2D eigenvalue weighted by Crippen LogP contribution is 2.36. The van der Waals surface area contributed by atoms with Gasteiger partial charge in [0.1, 0.15) is 6.10 Å². The van der Waals surface area contributed by atoms with Crippen molar-refractivity contribution in [3.05, 3.63) is 62.7 Å². The molecule has 132 valence electrons. The molecule has 0 aliphatic heterocycles. The van der Waals surface area contributed by atoms with Crippen LogP contribution in [0.2, 0.25) is 5.02 Å². The van der Waals surface area contributed by atoms with E-state index < -0.39 is 17.0 Å². The average Bonchev–Trinajstić information content (AvgIpc) is 2.60. The van der Waals surface area contributed by atoms with E-state index in [1.807, 2.05) is 0 Å². The number of nitro groups is 1. The van der Waals surface area contributed by atoms with Crippen molar-refractivity contribution in [3.63, 3.8) is 0 Å². The quantitative estimate of drug-likeness (QED) is 0.433. The number of nitro benzene ring substituents is 1. The van der Waals surface area contributed by atoms with E-state index >= 15 is 0 Å². The summed E-state index contributed by atoms with van der Waals surface area (Å²) in [5.41, 5.74) is 0.614. The van der Waals surface area contributed by atoms with Crippen LogP contribution < -0.4 is 9.47 Å². The molecule has 0 N–H and O–H groups in total. The first-order chi connectivity index (χ1) is 11.9. The molecule has 0 saturated carbocycles. The van der Waals surface area contributed by atoms with Gasteiger partial charge >= 0.3 is 5.97 Å². The molecule has 8 heteroatoms. The lowest BCUT2D eigenvalue weighted by Gasteiger charge is -2.15. The van der Waals surface area contributed by atoms with Crippen LogP contribution in [0.5, 0.6) is 11.5 Å². The summed E-state index contributed by atoms with van der Waals surface area (Å²) in [6.07, 6.45) is -0.681. The number of halogens is 1. The molecule has 0 aromatic heterocycles. The lowest BCUT2D eigenvalue weighted by atomic mass is 10.1. The molecule has 0 saturated heterocycles. The number of nitrogens with zero attached hydrogens (tertiary/aromatic N) is 1. The molecule has 0 radical (unpaired) electrons. The Morgan fingerprint density at radius 2 is 1.92 bits per heavy atom. The molecule has 0 fully saturated rings. The van der Waals surface area contributed by atoms with Gasteiger partial charge in [-0.25, -0.2) is 4.79 Å². The molecule has 0 heterocycles. The highest BCUT2D eigenvalue weighted by molar-refractivity contribution is 6.32. The number of non-ortho nitro benzene ring substituents is 1. The molecule has 0 aliphatic rings. The summed E-state index contributed by atoms with van der Waals surface area (Å²) >= 11 is 6.08. The average molecular weight is 366 g/mol. The Hall–Kier alpha value is -2.80. The van der Waals surface area contributed by atoms with Crippen molar-refractivity contribution < 1.29 is 23.9 Å². The van der Waals surface area contributed by atoms with Gasteiger partial charge in [0, 0.05) is 12.1 Å². The molecule has 2 aromatic rings. The molecule has 0 bridgehead atoms. The lowest BCUT2D eigenvalue weighted by molar-refractivity contribution is -0.385. The number of hydrogen-bond donors (Lipinski definition) is 0. The lowest BCUT2D eigenvalue weighted by Crippen LogP contribution is -2.10. The van der Waals surface area contributed by atoms with Crippen molar-refractivity contribution in [2.45, 2.75) is 13.0 Å². The Kier molecular flexibility index (Phi) is 5.82. The van der Waals surface area contributed by atoms with Gasteiger partial charge in [0.05, 0.1) is 29.7 Å². The molecule has 25 heavy (non-hydrogen) atoms. The smallest absolute Gasteiger partial charge is 0.338 e. The minimum atomic E-state index is -0.681. The number of carbonyl (C=O) groups is 1. The first kappa shape index (κ1) is 18.5. The fraction of sp³-hybridized carbons (Fsp3) is 0.235. The van der Waals surface area contributed by atoms with E-state index in [4.69, 9.17) is 25.8 Å². The van der Waals surface area contributed by atoms with Crippen LogP contribution in [-0.4, -0.2) is 25.1 Å². The van der Waals surface area contributed by atoms with E-state index in [1.54, 1.807) is 13.0 Å². The van der Waals surface area contributed by atoms with Crippen LogP contribution in [0.4, 0.5) is 5.69 Å². The predicted molar refractivity (Wildman–Crippen MR) is 91.5 cm³/mol. The second-order valence-corrected chi connectivity index (χ2v) is 5.50. The summed E-state index contributed by atoms with van der Waals surface area (Å²) in [7, 11) is 2.86. The van der Waals surface area contributed by atoms with Gasteiger partial charge < -0.3 is 14.2 Å². The number of esters is 1. The molecular weight excluding hydrogens is 350 g/mol. The summed E-state index contributed by atoms with van der Waals surface area (Å²) < 4.78 is 15.6. The molecule has 2 rings (SSSR count). The van der Waals surface area contributed by atoms with Crippen molar-refractivity contribution >= 4 is 23.3 Å². The maximum Gasteiger partial charge on any atom is 0.338 e. The summed E-state index contributed by atoms with van der Waals surface area (Å²) in [4.78, 5) is 22.7. The van der Waals surface area contributed by atoms with E-state index in [2.05, 4.69) is 0 Å². The monoisotopic (exact) mass is 365 g/mol. The predicted octanol–water partition coefficient (Wildman–Crippen LogP) is 4.18. The van der Waals surface area contributed by atoms with Gasteiger partial charge in [0.15, 0.2) is 11.5 Å². The molecule has 0 spiro atoms. The Balaban J connectivity index is 2.23. The van der Waals surface area contributed by atoms with Crippen molar-refractivity contribution in [2.24, 2.45) is 0 Å². The number of rotatable bonds is 6. The standard InChI is InChI=1S/C17H16ClNO6/c1-10(11-5-4-6-13(7-11)19(21)22)25-17(20)12-8-14(18)16(24-3)15(9-12)23-2/h4-10H,1-3H3. The summed E-state index contributed by atoms with van der Waals surface area (Å²) in [6, 6.07) is 8.77. The highest BCUT2D eigenvalue weighted by Gasteiger charge is 2.19. The number of ether oxygens (including phenoxy) is 3. The zero-order chi connectivity index (χ0) is 18.6. The molecule has 0 aliphatic carbocycles. The van der Waals surface area contributed by atoms with Crippen LogP contribution in [-0.2, 0) is 4.74 Å². The fourth-order valence-electron chi connectivity index (χ4n) is 2.22. The molecule has 2 aromatic carbocycles. The number of methoxy groups -OCH3 is 2. The summed E-state index contributed by atoms with van der Waals surface area (Å²) in [6.45, 7) is 1.62. The van der Waals surface area contributed by atoms with Crippen LogP contribution in [0.25, 0.3) is 0 Å². The van der Waals surface area contributed by atoms with Gasteiger partial charge in [-0.3, -0.25) is 10.1 Å². The third-order valence-corrected chi connectivity index (χ3v) is 3.78. The largest absolute Gasteiger partial charge is 0.493 e. The first-order valence-electron chi connectivity index (χ1n) is 7.24. The molecule has 1 unspecified atom stereocenters. The number of carbonyl (C=O) groups excluding carboxylic acids is 1. The Morgan fingerprint density at radius 1 is 1.20 bits per heavy atom. The van der Waals surface area contributed by atoms with Gasteiger partial charge in [-0.05, 0) is 24.6 Å². The van der Waals surface area contributed by atoms with Gasteiger partial charge in [-0.1, -0.05) is 23.7 Å². The van der Waals surface area contributed by atoms with Crippen LogP contribution in [0.1, 0.15) is 28.9 Å². The van der Waals surface area contributed by atoms with Crippen LogP contribution in [0, 0.1) is 10.1 Å². The van der Waals surface area contributed by atoms with Crippen molar-refractivity contribution in [3.8, 4) is 11.5 Å². The van der Waals surface area contributed by atoms with Gasteiger partial charge in [-0.2, -0.15) is 0 Å². The second-order valence-electron chi connectivity index (χ2n) is 5.09. The van der Waals surface area contributed by atoms with Crippen molar-refractivity contribution in [1.29, 1.82) is 0 Å². The third-order valence-electron chi connectivity index (χ3n) is 3.50. The topological polar surface area (TPSA) is 87.9 Å². The maximum absolute atomic E-state index is 12.4. The van der Waals surface area contributed by atoms with Crippen LogP contribution in [0.3, 0.4) is 0 Å². The van der Waals surface area contributed by atoms with Gasteiger partial charge in [0.25, 0.3) is 5.69 Å². The van der Waals surface area contributed by atoms with Gasteiger partial charge in [0.2, 0.25) is 0 Å². The van der Waals surface area contributed by atoms with E-state index in [9.17, 15) is 14.9 Å². The number of hydrogen-bond acceptors (Lipinski definition) is 6. The van der Waals surface area contributed by atoms with E-state index in [-0.39, 0.29) is 16.3 Å². The number of benzene rings is 2. The Bertz CT molecular complexity index is 808. The SMILES string of the molecule is COc1cc(C(=O)OC(C)c2cccc([N+](=O)[O-])c2)cc(Cl)c1OC. The molecule has 7 nitrogen and oxygen atoms in total. The maximum atomic E-state index is 12.4. The van der Waals surface area contributed by atoms with Crippen LogP contribution in [0.15, 0.2) is 36.4 Å². The van der Waals surface area contributed by atoms with Crippen molar-refractivity contribution in [1.82, 2.24) is 0 Å². The molecule has 0 amide bonds.